The number of halogens is 1. The summed E-state index contributed by atoms with van der Waals surface area (Å²) in [5.74, 6) is -0.464. The van der Waals surface area contributed by atoms with E-state index in [1.165, 1.54) is 11.4 Å². The summed E-state index contributed by atoms with van der Waals surface area (Å²) >= 11 is 3.27. The molecule has 7 heteroatoms. The van der Waals surface area contributed by atoms with Crippen molar-refractivity contribution in [1.82, 2.24) is 4.31 Å². The predicted octanol–water partition coefficient (Wildman–Crippen LogP) is 2.02. The molecule has 5 nitrogen and oxygen atoms in total. The van der Waals surface area contributed by atoms with Gasteiger partial charge in [-0.15, -0.1) is 0 Å². The van der Waals surface area contributed by atoms with Gasteiger partial charge >= 0.3 is 5.97 Å². The van der Waals surface area contributed by atoms with Crippen LogP contribution in [0.4, 0.5) is 0 Å². The average molecular weight is 362 g/mol. The standard InChI is InChI=1S/C13H16BrNO4S/c1-19-13(16)10-6-8-15(9-7-10)20(17,18)12-5-3-2-4-11(12)14/h2-5,10H,6-9H2,1H3. The molecular formula is C13H16BrNO4S. The number of carbonyl (C=O) groups is 1. The number of sulfonamides is 1. The summed E-state index contributed by atoms with van der Waals surface area (Å²) in [5.41, 5.74) is 0. The smallest absolute Gasteiger partial charge is 0.308 e. The van der Waals surface area contributed by atoms with E-state index in [1.807, 2.05) is 0 Å². The van der Waals surface area contributed by atoms with E-state index in [2.05, 4.69) is 15.9 Å². The molecule has 1 fully saturated rings. The lowest BCUT2D eigenvalue weighted by Crippen LogP contribution is -2.40. The third-order valence-corrected chi connectivity index (χ3v) is 6.35. The van der Waals surface area contributed by atoms with Crippen molar-refractivity contribution in [3.63, 3.8) is 0 Å². The summed E-state index contributed by atoms with van der Waals surface area (Å²) in [4.78, 5) is 11.7. The second kappa shape index (κ2) is 6.24. The van der Waals surface area contributed by atoms with Gasteiger partial charge in [0.05, 0.1) is 17.9 Å². The Labute approximate surface area is 127 Å². The summed E-state index contributed by atoms with van der Waals surface area (Å²) in [7, 11) is -2.16. The topological polar surface area (TPSA) is 63.7 Å². The van der Waals surface area contributed by atoms with Crippen molar-refractivity contribution in [2.24, 2.45) is 5.92 Å². The zero-order valence-corrected chi connectivity index (χ0v) is 13.5. The zero-order chi connectivity index (χ0) is 14.8. The third kappa shape index (κ3) is 3.05. The Morgan fingerprint density at radius 3 is 2.45 bits per heavy atom. The average Bonchev–Trinajstić information content (AvgIpc) is 2.47. The Morgan fingerprint density at radius 1 is 1.30 bits per heavy atom. The second-order valence-corrected chi connectivity index (χ2v) is 7.39. The van der Waals surface area contributed by atoms with Crippen LogP contribution < -0.4 is 0 Å². The second-order valence-electron chi connectivity index (χ2n) is 4.63. The first-order valence-corrected chi connectivity index (χ1v) is 8.52. The molecule has 0 atom stereocenters. The van der Waals surface area contributed by atoms with Crippen LogP contribution >= 0.6 is 15.9 Å². The Balaban J connectivity index is 2.14. The SMILES string of the molecule is COC(=O)C1CCN(S(=O)(=O)c2ccccc2Br)CC1. The molecule has 1 aliphatic rings. The van der Waals surface area contributed by atoms with Crippen LogP contribution in [0.15, 0.2) is 33.6 Å². The number of carbonyl (C=O) groups excluding carboxylic acids is 1. The number of nitrogens with zero attached hydrogens (tertiary/aromatic N) is 1. The Bertz CT molecular complexity index is 594. The molecule has 0 saturated carbocycles. The highest BCUT2D eigenvalue weighted by atomic mass is 79.9. The summed E-state index contributed by atoms with van der Waals surface area (Å²) in [5, 5.41) is 0. The van der Waals surface area contributed by atoms with E-state index in [-0.39, 0.29) is 16.8 Å². The molecule has 1 aromatic carbocycles. The van der Waals surface area contributed by atoms with E-state index in [4.69, 9.17) is 4.74 Å². The molecule has 0 spiro atoms. The van der Waals surface area contributed by atoms with Crippen LogP contribution in [-0.2, 0) is 19.6 Å². The monoisotopic (exact) mass is 361 g/mol. The van der Waals surface area contributed by atoms with Gasteiger partial charge in [0, 0.05) is 17.6 Å². The molecule has 110 valence electrons. The van der Waals surface area contributed by atoms with Crippen LogP contribution in [0.25, 0.3) is 0 Å². The molecule has 0 radical (unpaired) electrons. The van der Waals surface area contributed by atoms with Crippen molar-refractivity contribution in [3.8, 4) is 0 Å². The molecule has 0 N–H and O–H groups in total. The van der Waals surface area contributed by atoms with Crippen molar-refractivity contribution in [2.45, 2.75) is 17.7 Å². The largest absolute Gasteiger partial charge is 0.469 e. The third-order valence-electron chi connectivity index (χ3n) is 3.44. The van der Waals surface area contributed by atoms with Gasteiger partial charge in [0.15, 0.2) is 0 Å². The fourth-order valence-corrected chi connectivity index (χ4v) is 4.72. The first kappa shape index (κ1) is 15.5. The first-order valence-electron chi connectivity index (χ1n) is 6.29. The molecule has 0 aromatic heterocycles. The van der Waals surface area contributed by atoms with Crippen molar-refractivity contribution in [2.75, 3.05) is 20.2 Å². The van der Waals surface area contributed by atoms with Crippen LogP contribution in [0.2, 0.25) is 0 Å². The lowest BCUT2D eigenvalue weighted by Gasteiger charge is -2.30. The minimum Gasteiger partial charge on any atom is -0.469 e. The number of piperidine rings is 1. The number of benzene rings is 1. The van der Waals surface area contributed by atoms with Crippen LogP contribution in [-0.4, -0.2) is 38.9 Å². The fourth-order valence-electron chi connectivity index (χ4n) is 2.29. The van der Waals surface area contributed by atoms with Crippen molar-refractivity contribution in [3.05, 3.63) is 28.7 Å². The minimum atomic E-state index is -3.51. The van der Waals surface area contributed by atoms with Gasteiger partial charge in [-0.25, -0.2) is 8.42 Å². The summed E-state index contributed by atoms with van der Waals surface area (Å²) in [6.45, 7) is 0.673. The van der Waals surface area contributed by atoms with Crippen molar-refractivity contribution in [1.29, 1.82) is 0 Å². The minimum absolute atomic E-state index is 0.203. The van der Waals surface area contributed by atoms with Crippen molar-refractivity contribution >= 4 is 31.9 Å². The van der Waals surface area contributed by atoms with Crippen molar-refractivity contribution < 1.29 is 17.9 Å². The molecule has 20 heavy (non-hydrogen) atoms. The highest BCUT2D eigenvalue weighted by Crippen LogP contribution is 2.28. The number of esters is 1. The van der Waals surface area contributed by atoms with Gasteiger partial charge in [0.1, 0.15) is 0 Å². The van der Waals surface area contributed by atoms with E-state index < -0.39 is 10.0 Å². The number of hydrogen-bond acceptors (Lipinski definition) is 4. The molecule has 0 aliphatic carbocycles. The number of ether oxygens (including phenoxy) is 1. The van der Waals surface area contributed by atoms with Gasteiger partial charge < -0.3 is 4.74 Å². The van der Waals surface area contributed by atoms with Crippen LogP contribution in [0.5, 0.6) is 0 Å². The van der Waals surface area contributed by atoms with Gasteiger partial charge in [-0.2, -0.15) is 4.31 Å². The molecule has 0 bridgehead atoms. The van der Waals surface area contributed by atoms with E-state index in [0.29, 0.717) is 30.4 Å². The van der Waals surface area contributed by atoms with E-state index in [0.717, 1.165) is 0 Å². The highest BCUT2D eigenvalue weighted by molar-refractivity contribution is 9.10. The van der Waals surface area contributed by atoms with E-state index in [1.54, 1.807) is 24.3 Å². The molecule has 1 heterocycles. The maximum Gasteiger partial charge on any atom is 0.308 e. The molecule has 0 amide bonds. The zero-order valence-electron chi connectivity index (χ0n) is 11.1. The fraction of sp³-hybridized carbons (Fsp3) is 0.462. The Kier molecular flexibility index (Phi) is 4.82. The first-order chi connectivity index (χ1) is 9.46. The van der Waals surface area contributed by atoms with Crippen LogP contribution in [0.3, 0.4) is 0 Å². The quantitative estimate of drug-likeness (QED) is 0.772. The van der Waals surface area contributed by atoms with Gasteiger partial charge in [0.2, 0.25) is 10.0 Å². The summed E-state index contributed by atoms with van der Waals surface area (Å²) in [6.07, 6.45) is 0.993. The van der Waals surface area contributed by atoms with Gasteiger partial charge in [-0.05, 0) is 40.9 Å². The molecule has 2 rings (SSSR count). The normalized spacial score (nSPS) is 17.9. The van der Waals surface area contributed by atoms with Gasteiger partial charge in [-0.1, -0.05) is 12.1 Å². The molecule has 0 unspecified atom stereocenters. The van der Waals surface area contributed by atoms with Crippen LogP contribution in [0.1, 0.15) is 12.8 Å². The molecule has 1 aromatic rings. The highest BCUT2D eigenvalue weighted by Gasteiger charge is 2.33. The Hall–Kier alpha value is -0.920. The van der Waals surface area contributed by atoms with Gasteiger partial charge in [0.25, 0.3) is 0 Å². The van der Waals surface area contributed by atoms with Gasteiger partial charge in [-0.3, -0.25) is 4.79 Å². The molecular weight excluding hydrogens is 346 g/mol. The number of hydrogen-bond donors (Lipinski definition) is 0. The van der Waals surface area contributed by atoms with E-state index >= 15 is 0 Å². The lowest BCUT2D eigenvalue weighted by molar-refractivity contribution is -0.146. The lowest BCUT2D eigenvalue weighted by atomic mass is 9.99. The maximum atomic E-state index is 12.5. The van der Waals surface area contributed by atoms with E-state index in [9.17, 15) is 13.2 Å². The predicted molar refractivity (Wildman–Crippen MR) is 77.6 cm³/mol. The number of rotatable bonds is 3. The summed E-state index contributed by atoms with van der Waals surface area (Å²) < 4.78 is 31.7. The Morgan fingerprint density at radius 2 is 1.90 bits per heavy atom. The molecule has 1 saturated heterocycles. The van der Waals surface area contributed by atoms with Crippen LogP contribution in [0, 0.1) is 5.92 Å². The maximum absolute atomic E-state index is 12.5. The molecule has 1 aliphatic heterocycles. The summed E-state index contributed by atoms with van der Waals surface area (Å²) in [6, 6.07) is 6.74. The number of methoxy groups -OCH3 is 1.